The monoisotopic (exact) mass is 310 g/mol. The van der Waals surface area contributed by atoms with E-state index >= 15 is 0 Å². The normalized spacial score (nSPS) is 29.7. The number of hydrogen-bond acceptors (Lipinski definition) is 2. The van der Waals surface area contributed by atoms with Gasteiger partial charge in [0.05, 0.1) is 5.54 Å². The number of nitrogens with one attached hydrogen (secondary N) is 1. The van der Waals surface area contributed by atoms with Crippen LogP contribution < -0.4 is 0 Å². The van der Waals surface area contributed by atoms with E-state index in [-0.39, 0.29) is 5.91 Å². The van der Waals surface area contributed by atoms with Crippen LogP contribution in [0.2, 0.25) is 0 Å². The van der Waals surface area contributed by atoms with Gasteiger partial charge in [0.2, 0.25) is 5.91 Å². The molecule has 118 valence electrons. The van der Waals surface area contributed by atoms with E-state index in [9.17, 15) is 14.7 Å². The van der Waals surface area contributed by atoms with Crippen LogP contribution in [0.5, 0.6) is 0 Å². The van der Waals surface area contributed by atoms with Gasteiger partial charge in [-0.3, -0.25) is 4.79 Å². The predicted octanol–water partition coefficient (Wildman–Crippen LogP) is 2.40. The second-order valence-corrected chi connectivity index (χ2v) is 7.04. The van der Waals surface area contributed by atoms with Crippen LogP contribution in [-0.2, 0) is 21.5 Å². The molecular weight excluding hydrogens is 292 g/mol. The number of carboxylic acids is 1. The topological polar surface area (TPSA) is 73.4 Å². The first kappa shape index (κ1) is 13.2. The molecule has 3 aliphatic rings. The molecule has 2 atom stereocenters. The molecule has 1 aliphatic carbocycles. The molecule has 5 heteroatoms. The number of hydrogen-bond donors (Lipinski definition) is 2. The van der Waals surface area contributed by atoms with Crippen LogP contribution in [0.3, 0.4) is 0 Å². The van der Waals surface area contributed by atoms with E-state index in [0.29, 0.717) is 18.8 Å². The van der Waals surface area contributed by atoms with Gasteiger partial charge in [-0.15, -0.1) is 0 Å². The number of amides is 1. The zero-order chi connectivity index (χ0) is 15.8. The molecule has 2 aromatic rings. The van der Waals surface area contributed by atoms with Crippen LogP contribution in [0.15, 0.2) is 24.3 Å². The first-order valence-electron chi connectivity index (χ1n) is 8.28. The highest BCUT2D eigenvalue weighted by molar-refractivity contribution is 5.92. The van der Waals surface area contributed by atoms with Crippen LogP contribution in [0.4, 0.5) is 0 Å². The third-order valence-corrected chi connectivity index (χ3v) is 5.91. The van der Waals surface area contributed by atoms with Crippen molar-refractivity contribution in [3.8, 4) is 0 Å². The van der Waals surface area contributed by atoms with E-state index in [1.807, 2.05) is 18.2 Å². The number of carbonyl (C=O) groups excluding carboxylic acids is 1. The highest BCUT2D eigenvalue weighted by Crippen LogP contribution is 2.59. The van der Waals surface area contributed by atoms with Gasteiger partial charge < -0.3 is 15.0 Å². The third kappa shape index (κ3) is 1.52. The minimum Gasteiger partial charge on any atom is -0.480 e. The van der Waals surface area contributed by atoms with Crippen molar-refractivity contribution in [2.45, 2.75) is 43.7 Å². The minimum absolute atomic E-state index is 0.00592. The number of H-pyrrole nitrogens is 1. The molecule has 1 amide bonds. The first-order chi connectivity index (χ1) is 11.1. The molecule has 23 heavy (non-hydrogen) atoms. The summed E-state index contributed by atoms with van der Waals surface area (Å²) in [5.74, 6) is -0.502. The molecule has 2 aliphatic heterocycles. The van der Waals surface area contributed by atoms with Gasteiger partial charge in [0.1, 0.15) is 6.04 Å². The van der Waals surface area contributed by atoms with Crippen LogP contribution in [0.1, 0.15) is 36.9 Å². The van der Waals surface area contributed by atoms with Crippen molar-refractivity contribution >= 4 is 22.8 Å². The Labute approximate surface area is 133 Å². The van der Waals surface area contributed by atoms with E-state index in [2.05, 4.69) is 11.1 Å². The lowest BCUT2D eigenvalue weighted by Crippen LogP contribution is -2.57. The lowest BCUT2D eigenvalue weighted by molar-refractivity contribution is -0.154. The Morgan fingerprint density at radius 3 is 2.83 bits per heavy atom. The molecule has 0 bridgehead atoms. The summed E-state index contributed by atoms with van der Waals surface area (Å²) in [6.45, 7) is 0. The molecule has 5 rings (SSSR count). The zero-order valence-electron chi connectivity index (χ0n) is 12.7. The van der Waals surface area contributed by atoms with Crippen LogP contribution in [-0.4, -0.2) is 32.9 Å². The molecule has 3 heterocycles. The van der Waals surface area contributed by atoms with E-state index < -0.39 is 17.6 Å². The first-order valence-corrected chi connectivity index (χ1v) is 8.28. The quantitative estimate of drug-likeness (QED) is 0.894. The number of carbonyl (C=O) groups is 2. The second-order valence-electron chi connectivity index (χ2n) is 7.04. The lowest BCUT2D eigenvalue weighted by atomic mass is 9.78. The van der Waals surface area contributed by atoms with Gasteiger partial charge in [-0.25, -0.2) is 4.79 Å². The highest BCUT2D eigenvalue weighted by atomic mass is 16.4. The molecule has 1 aromatic carbocycles. The van der Waals surface area contributed by atoms with Crippen LogP contribution >= 0.6 is 0 Å². The summed E-state index contributed by atoms with van der Waals surface area (Å²) in [6.07, 6.45) is 3.74. The Kier molecular flexibility index (Phi) is 2.38. The summed E-state index contributed by atoms with van der Waals surface area (Å²) >= 11 is 0. The fraction of sp³-hybridized carbons (Fsp3) is 0.444. The van der Waals surface area contributed by atoms with Gasteiger partial charge in [-0.2, -0.15) is 0 Å². The number of aromatic amines is 1. The van der Waals surface area contributed by atoms with Gasteiger partial charge in [0.15, 0.2) is 0 Å². The largest absolute Gasteiger partial charge is 0.480 e. The molecule has 0 unspecified atom stereocenters. The summed E-state index contributed by atoms with van der Waals surface area (Å²) in [6, 6.07) is 7.32. The number of para-hydroxylation sites is 1. The Bertz CT molecular complexity index is 851. The summed E-state index contributed by atoms with van der Waals surface area (Å²) in [4.78, 5) is 29.7. The molecular formula is C18H18N2O3. The average Bonchev–Trinajstić information content (AvgIpc) is 3.24. The lowest BCUT2D eigenvalue weighted by Gasteiger charge is -2.46. The highest BCUT2D eigenvalue weighted by Gasteiger charge is 2.62. The molecule has 1 saturated carbocycles. The molecule has 1 saturated heterocycles. The summed E-state index contributed by atoms with van der Waals surface area (Å²) in [7, 11) is 0. The average molecular weight is 310 g/mol. The Hall–Kier alpha value is -2.30. The van der Waals surface area contributed by atoms with Crippen molar-refractivity contribution in [3.05, 3.63) is 35.5 Å². The minimum atomic E-state index is -0.888. The van der Waals surface area contributed by atoms with Crippen molar-refractivity contribution in [1.29, 1.82) is 0 Å². The summed E-state index contributed by atoms with van der Waals surface area (Å²) < 4.78 is 0. The van der Waals surface area contributed by atoms with Crippen molar-refractivity contribution in [2.24, 2.45) is 5.92 Å². The van der Waals surface area contributed by atoms with Crippen molar-refractivity contribution in [2.75, 3.05) is 0 Å². The second kappa shape index (κ2) is 4.16. The molecule has 2 N–H and O–H groups in total. The molecule has 2 fully saturated rings. The zero-order valence-corrected chi connectivity index (χ0v) is 12.7. The SMILES string of the molecule is O=C(O)[C@@H]1Cc2c([nH]c3ccccc23)[C@@]2(C3CC3)CCC(=O)N12. The standard InChI is InChI=1S/C18H18N2O3/c21-15-7-8-18(10-5-6-10)16-12(9-14(17(22)23)20(15)18)11-3-1-2-4-13(11)19-16/h1-4,10,14,19H,5-9H2,(H,22,23)/t14-,18-/m0/s1. The van der Waals surface area contributed by atoms with Gasteiger partial charge >= 0.3 is 5.97 Å². The Morgan fingerprint density at radius 1 is 1.30 bits per heavy atom. The molecule has 5 nitrogen and oxygen atoms in total. The number of carboxylic acid groups (broad SMARTS) is 1. The number of rotatable bonds is 2. The fourth-order valence-electron chi connectivity index (χ4n) is 4.89. The smallest absolute Gasteiger partial charge is 0.326 e. The number of fused-ring (bicyclic) bond motifs is 5. The van der Waals surface area contributed by atoms with Crippen molar-refractivity contribution < 1.29 is 14.7 Å². The number of nitrogens with zero attached hydrogens (tertiary/aromatic N) is 1. The van der Waals surface area contributed by atoms with Crippen LogP contribution in [0.25, 0.3) is 10.9 Å². The maximum absolute atomic E-state index is 12.5. The van der Waals surface area contributed by atoms with E-state index in [1.165, 1.54) is 0 Å². The fourth-order valence-corrected chi connectivity index (χ4v) is 4.89. The van der Waals surface area contributed by atoms with Crippen molar-refractivity contribution in [1.82, 2.24) is 9.88 Å². The third-order valence-electron chi connectivity index (χ3n) is 5.91. The van der Waals surface area contributed by atoms with Gasteiger partial charge in [0.25, 0.3) is 0 Å². The maximum Gasteiger partial charge on any atom is 0.326 e. The molecule has 0 spiro atoms. The summed E-state index contributed by atoms with van der Waals surface area (Å²) in [5, 5.41) is 10.9. The van der Waals surface area contributed by atoms with Crippen molar-refractivity contribution in [3.63, 3.8) is 0 Å². The van der Waals surface area contributed by atoms with Gasteiger partial charge in [-0.05, 0) is 36.8 Å². The molecule has 0 radical (unpaired) electrons. The number of aromatic nitrogens is 1. The number of aliphatic carboxylic acids is 1. The Morgan fingerprint density at radius 2 is 2.09 bits per heavy atom. The van der Waals surface area contributed by atoms with E-state index in [1.54, 1.807) is 4.90 Å². The Balaban J connectivity index is 1.83. The maximum atomic E-state index is 12.5. The molecule has 1 aromatic heterocycles. The van der Waals surface area contributed by atoms with E-state index in [0.717, 1.165) is 41.4 Å². The van der Waals surface area contributed by atoms with Crippen LogP contribution in [0, 0.1) is 5.92 Å². The van der Waals surface area contributed by atoms with Gasteiger partial charge in [0, 0.05) is 29.4 Å². The van der Waals surface area contributed by atoms with Gasteiger partial charge in [-0.1, -0.05) is 18.2 Å². The van der Waals surface area contributed by atoms with E-state index in [4.69, 9.17) is 0 Å². The predicted molar refractivity (Wildman–Crippen MR) is 83.9 cm³/mol. The number of benzene rings is 1. The summed E-state index contributed by atoms with van der Waals surface area (Å²) in [5.41, 5.74) is 2.82.